The Bertz CT molecular complexity index is 1060. The molecule has 294 valence electrons. The van der Waals surface area contributed by atoms with Gasteiger partial charge in [0.1, 0.15) is 19.8 Å². The number of unbranched alkanes of at least 4 members (excludes halogenated alkanes) is 13. The van der Waals surface area contributed by atoms with Crippen LogP contribution in [0, 0.1) is 0 Å². The van der Waals surface area contributed by atoms with Gasteiger partial charge in [-0.15, -0.1) is 0 Å². The normalized spacial score (nSPS) is 14.4. The van der Waals surface area contributed by atoms with Crippen LogP contribution in [0.2, 0.25) is 0 Å². The lowest BCUT2D eigenvalue weighted by atomic mass is 10.1. The molecular formula is C41H72NO8P. The van der Waals surface area contributed by atoms with Crippen molar-refractivity contribution in [3.05, 3.63) is 60.8 Å². The van der Waals surface area contributed by atoms with Crippen molar-refractivity contribution < 1.29 is 42.1 Å². The fourth-order valence-electron chi connectivity index (χ4n) is 4.77. The zero-order valence-electron chi connectivity index (χ0n) is 32.8. The molecule has 0 saturated carbocycles. The summed E-state index contributed by atoms with van der Waals surface area (Å²) in [6, 6.07) is 0. The third kappa shape index (κ3) is 37.3. The first-order valence-corrected chi connectivity index (χ1v) is 21.0. The fraction of sp³-hybridized carbons (Fsp3) is 0.707. The van der Waals surface area contributed by atoms with Gasteiger partial charge in [-0.05, 0) is 57.8 Å². The Kier molecular flexibility index (Phi) is 32.0. The maximum absolute atomic E-state index is 12.6. The van der Waals surface area contributed by atoms with Gasteiger partial charge in [0.2, 0.25) is 0 Å². The molecule has 51 heavy (non-hydrogen) atoms. The van der Waals surface area contributed by atoms with Crippen LogP contribution in [0.15, 0.2) is 60.8 Å². The predicted octanol–water partition coefficient (Wildman–Crippen LogP) is 9.88. The maximum Gasteiger partial charge on any atom is 0.306 e. The Balaban J connectivity index is 4.51. The average molecular weight is 738 g/mol. The monoisotopic (exact) mass is 737 g/mol. The van der Waals surface area contributed by atoms with E-state index in [4.69, 9.17) is 18.5 Å². The Morgan fingerprint density at radius 1 is 0.627 bits per heavy atom. The summed E-state index contributed by atoms with van der Waals surface area (Å²) < 4.78 is 33.7. The number of esters is 2. The van der Waals surface area contributed by atoms with Crippen molar-refractivity contribution in [1.29, 1.82) is 0 Å². The SMILES string of the molecule is CC/C=C/C=C/C=C/C=C/CCCCCCCC(=O)O[C@H](COC(=O)CCCCCCC/C=C/CCCCC)COP(=O)([O-])OCC[N+](C)(C)C. The molecular weight excluding hydrogens is 665 g/mol. The molecule has 1 unspecified atom stereocenters. The van der Waals surface area contributed by atoms with E-state index in [-0.39, 0.29) is 26.1 Å². The lowest BCUT2D eigenvalue weighted by molar-refractivity contribution is -0.870. The van der Waals surface area contributed by atoms with Crippen molar-refractivity contribution >= 4 is 19.8 Å². The van der Waals surface area contributed by atoms with Gasteiger partial charge >= 0.3 is 11.9 Å². The van der Waals surface area contributed by atoms with Gasteiger partial charge < -0.3 is 27.9 Å². The highest BCUT2D eigenvalue weighted by molar-refractivity contribution is 7.45. The number of rotatable bonds is 34. The van der Waals surface area contributed by atoms with E-state index in [0.717, 1.165) is 77.0 Å². The lowest BCUT2D eigenvalue weighted by Gasteiger charge is -2.28. The summed E-state index contributed by atoms with van der Waals surface area (Å²) in [4.78, 5) is 37.3. The van der Waals surface area contributed by atoms with Crippen molar-refractivity contribution in [3.63, 3.8) is 0 Å². The summed E-state index contributed by atoms with van der Waals surface area (Å²) in [5, 5.41) is 0. The van der Waals surface area contributed by atoms with Crippen molar-refractivity contribution in [2.24, 2.45) is 0 Å². The highest BCUT2D eigenvalue weighted by Gasteiger charge is 2.21. The number of hydrogen-bond donors (Lipinski definition) is 0. The highest BCUT2D eigenvalue weighted by atomic mass is 31.2. The van der Waals surface area contributed by atoms with Gasteiger partial charge in [0.15, 0.2) is 6.10 Å². The number of carbonyl (C=O) groups is 2. The van der Waals surface area contributed by atoms with Gasteiger partial charge in [0.05, 0.1) is 27.7 Å². The quantitative estimate of drug-likeness (QED) is 0.0160. The molecule has 10 heteroatoms. The second-order valence-electron chi connectivity index (χ2n) is 14.0. The number of ether oxygens (including phenoxy) is 2. The van der Waals surface area contributed by atoms with Gasteiger partial charge in [0, 0.05) is 12.8 Å². The van der Waals surface area contributed by atoms with Gasteiger partial charge in [-0.1, -0.05) is 126 Å². The molecule has 0 bridgehead atoms. The topological polar surface area (TPSA) is 111 Å². The second-order valence-corrected chi connectivity index (χ2v) is 15.4. The van der Waals surface area contributed by atoms with Crippen LogP contribution in [-0.2, 0) is 32.7 Å². The molecule has 0 aliphatic carbocycles. The van der Waals surface area contributed by atoms with E-state index < -0.39 is 32.5 Å². The summed E-state index contributed by atoms with van der Waals surface area (Å²) in [6.07, 6.45) is 38.2. The van der Waals surface area contributed by atoms with Crippen molar-refractivity contribution in [2.45, 2.75) is 142 Å². The lowest BCUT2D eigenvalue weighted by Crippen LogP contribution is -2.37. The number of phosphoric ester groups is 1. The minimum absolute atomic E-state index is 0.0401. The number of phosphoric acid groups is 1. The molecule has 0 fully saturated rings. The molecule has 0 aliphatic heterocycles. The minimum Gasteiger partial charge on any atom is -0.756 e. The third-order valence-corrected chi connectivity index (χ3v) is 8.83. The number of carbonyl (C=O) groups excluding carboxylic acids is 2. The van der Waals surface area contributed by atoms with Crippen molar-refractivity contribution in [2.75, 3.05) is 47.5 Å². The number of likely N-dealkylation sites (N-methyl/N-ethyl adjacent to an activating group) is 1. The number of allylic oxidation sites excluding steroid dienone is 10. The fourth-order valence-corrected chi connectivity index (χ4v) is 5.50. The highest BCUT2D eigenvalue weighted by Crippen LogP contribution is 2.38. The summed E-state index contributed by atoms with van der Waals surface area (Å²) in [6.45, 7) is 3.99. The summed E-state index contributed by atoms with van der Waals surface area (Å²) in [7, 11) is 1.13. The van der Waals surface area contributed by atoms with Gasteiger partial charge in [-0.3, -0.25) is 14.2 Å². The zero-order valence-corrected chi connectivity index (χ0v) is 33.7. The Morgan fingerprint density at radius 3 is 1.73 bits per heavy atom. The molecule has 0 heterocycles. The molecule has 9 nitrogen and oxygen atoms in total. The second kappa shape index (κ2) is 33.5. The Labute approximate surface area is 311 Å². The smallest absolute Gasteiger partial charge is 0.306 e. The average Bonchev–Trinajstić information content (AvgIpc) is 3.07. The molecule has 0 aromatic carbocycles. The van der Waals surface area contributed by atoms with Crippen LogP contribution in [0.3, 0.4) is 0 Å². The minimum atomic E-state index is -4.63. The molecule has 0 N–H and O–H groups in total. The number of quaternary nitrogens is 1. The van der Waals surface area contributed by atoms with E-state index in [0.29, 0.717) is 23.9 Å². The molecule has 0 saturated heterocycles. The third-order valence-electron chi connectivity index (χ3n) is 7.87. The van der Waals surface area contributed by atoms with Crippen LogP contribution in [0.25, 0.3) is 0 Å². The van der Waals surface area contributed by atoms with Crippen LogP contribution in [0.5, 0.6) is 0 Å². The molecule has 0 aromatic heterocycles. The van der Waals surface area contributed by atoms with Crippen molar-refractivity contribution in [1.82, 2.24) is 0 Å². The van der Waals surface area contributed by atoms with E-state index in [2.05, 4.69) is 44.2 Å². The van der Waals surface area contributed by atoms with Crippen LogP contribution >= 0.6 is 7.82 Å². The Morgan fingerprint density at radius 2 is 1.14 bits per heavy atom. The molecule has 0 rings (SSSR count). The molecule has 0 aromatic rings. The number of nitrogens with zero attached hydrogens (tertiary/aromatic N) is 1. The van der Waals surface area contributed by atoms with E-state index in [1.807, 2.05) is 51.5 Å². The van der Waals surface area contributed by atoms with Crippen LogP contribution in [0.4, 0.5) is 0 Å². The van der Waals surface area contributed by atoms with Gasteiger partial charge in [0.25, 0.3) is 7.82 Å². The maximum atomic E-state index is 12.6. The first-order valence-electron chi connectivity index (χ1n) is 19.5. The van der Waals surface area contributed by atoms with Crippen LogP contribution < -0.4 is 4.89 Å². The molecule has 0 radical (unpaired) electrons. The largest absolute Gasteiger partial charge is 0.756 e. The van der Waals surface area contributed by atoms with E-state index in [1.54, 1.807) is 0 Å². The van der Waals surface area contributed by atoms with Crippen LogP contribution in [0.1, 0.15) is 136 Å². The predicted molar refractivity (Wildman–Crippen MR) is 208 cm³/mol. The molecule has 2 atom stereocenters. The molecule has 0 aliphatic rings. The summed E-state index contributed by atoms with van der Waals surface area (Å²) in [5.41, 5.74) is 0. The van der Waals surface area contributed by atoms with Crippen molar-refractivity contribution in [3.8, 4) is 0 Å². The van der Waals surface area contributed by atoms with E-state index >= 15 is 0 Å². The first kappa shape index (κ1) is 48.7. The first-order chi connectivity index (χ1) is 24.5. The van der Waals surface area contributed by atoms with Gasteiger partial charge in [-0.2, -0.15) is 0 Å². The molecule has 0 amide bonds. The summed E-state index contributed by atoms with van der Waals surface area (Å²) in [5.74, 6) is -0.880. The van der Waals surface area contributed by atoms with Gasteiger partial charge in [-0.25, -0.2) is 0 Å². The van der Waals surface area contributed by atoms with Crippen LogP contribution in [-0.4, -0.2) is 70.0 Å². The number of hydrogen-bond acceptors (Lipinski definition) is 8. The zero-order chi connectivity index (χ0) is 37.9. The van der Waals surface area contributed by atoms with E-state index in [9.17, 15) is 19.0 Å². The Hall–Kier alpha value is -2.29. The summed E-state index contributed by atoms with van der Waals surface area (Å²) >= 11 is 0. The standard InChI is InChI=1S/C41H72NO8P/c1-6-8-10-12-14-16-18-20-21-22-24-26-28-30-32-34-41(44)50-39(38-49-51(45,46)48-36-35-42(3,4)5)37-47-40(43)33-31-29-27-25-23-19-17-15-13-11-9-7-2/h8,10,12,14-18,20-21,39H,6-7,9,11,13,19,22-38H2,1-5H3/b10-8+,14-12+,17-15+,18-16+,21-20+/t39-/m1/s1. The molecule has 0 spiro atoms. The van der Waals surface area contributed by atoms with E-state index in [1.165, 1.54) is 19.3 Å².